The molecule has 2 unspecified atom stereocenters. The Balaban J connectivity index is 1.84. The number of carbonyl (C=O) groups is 1. The monoisotopic (exact) mass is 247 g/mol. The van der Waals surface area contributed by atoms with Crippen molar-refractivity contribution in [1.29, 1.82) is 0 Å². The van der Waals surface area contributed by atoms with E-state index in [1.54, 1.807) is 12.1 Å². The normalized spacial score (nSPS) is 25.5. The van der Waals surface area contributed by atoms with Gasteiger partial charge in [-0.3, -0.25) is 4.79 Å². The first-order chi connectivity index (χ1) is 8.69. The topological polar surface area (TPSA) is 49.8 Å². The van der Waals surface area contributed by atoms with Crippen LogP contribution in [0.3, 0.4) is 0 Å². The summed E-state index contributed by atoms with van der Waals surface area (Å²) in [6.45, 7) is 0.842. The molecule has 1 aromatic carbocycles. The Morgan fingerprint density at radius 1 is 1.44 bits per heavy atom. The van der Waals surface area contributed by atoms with Gasteiger partial charge in [-0.25, -0.2) is 0 Å². The van der Waals surface area contributed by atoms with Crippen LogP contribution in [0.5, 0.6) is 11.5 Å². The van der Waals surface area contributed by atoms with Crippen LogP contribution in [0.2, 0.25) is 0 Å². The van der Waals surface area contributed by atoms with Crippen molar-refractivity contribution in [1.82, 2.24) is 4.90 Å². The molecule has 2 bridgehead atoms. The molecule has 4 nitrogen and oxygen atoms in total. The number of hydrogen-bond donors (Lipinski definition) is 1. The Bertz CT molecular complexity index is 486. The van der Waals surface area contributed by atoms with E-state index in [0.29, 0.717) is 23.3 Å². The molecule has 3 rings (SSSR count). The first-order valence-electron chi connectivity index (χ1n) is 6.37. The van der Waals surface area contributed by atoms with Gasteiger partial charge >= 0.3 is 0 Å². The highest BCUT2D eigenvalue weighted by atomic mass is 16.5. The molecule has 2 fully saturated rings. The molecule has 96 valence electrons. The molecule has 1 aliphatic carbocycles. The third-order valence-electron chi connectivity index (χ3n) is 4.11. The number of piperidine rings is 1. The highest BCUT2D eigenvalue weighted by Gasteiger charge is 2.40. The van der Waals surface area contributed by atoms with Gasteiger partial charge in [0.25, 0.3) is 5.91 Å². The molecular formula is C14H17NO3. The number of rotatable bonds is 2. The van der Waals surface area contributed by atoms with E-state index in [4.69, 9.17) is 4.74 Å². The highest BCUT2D eigenvalue weighted by Crippen LogP contribution is 2.39. The van der Waals surface area contributed by atoms with Gasteiger partial charge in [0.2, 0.25) is 0 Å². The Hall–Kier alpha value is -1.71. The van der Waals surface area contributed by atoms with E-state index < -0.39 is 0 Å². The van der Waals surface area contributed by atoms with Crippen LogP contribution < -0.4 is 4.74 Å². The minimum Gasteiger partial charge on any atom is -0.507 e. The van der Waals surface area contributed by atoms with E-state index in [1.165, 1.54) is 19.6 Å². The van der Waals surface area contributed by atoms with Crippen molar-refractivity contribution in [3.63, 3.8) is 0 Å². The molecule has 0 radical (unpaired) electrons. The number of nitrogens with zero attached hydrogens (tertiary/aromatic N) is 1. The van der Waals surface area contributed by atoms with Gasteiger partial charge in [-0.05, 0) is 37.3 Å². The van der Waals surface area contributed by atoms with Crippen LogP contribution in [0.15, 0.2) is 18.2 Å². The molecule has 1 saturated carbocycles. The van der Waals surface area contributed by atoms with Gasteiger partial charge in [0.05, 0.1) is 12.7 Å². The molecular weight excluding hydrogens is 230 g/mol. The summed E-state index contributed by atoms with van der Waals surface area (Å²) in [5, 5.41) is 9.90. The number of benzene rings is 1. The molecule has 1 N–H and O–H groups in total. The van der Waals surface area contributed by atoms with Crippen LogP contribution in [0.25, 0.3) is 0 Å². The number of phenolic OH excluding ortho intramolecular Hbond substituents is 1. The van der Waals surface area contributed by atoms with Crippen molar-refractivity contribution in [2.45, 2.75) is 25.3 Å². The molecule has 1 saturated heterocycles. The summed E-state index contributed by atoms with van der Waals surface area (Å²) in [4.78, 5) is 14.3. The van der Waals surface area contributed by atoms with Crippen LogP contribution in [-0.4, -0.2) is 35.6 Å². The van der Waals surface area contributed by atoms with Crippen molar-refractivity contribution < 1.29 is 14.6 Å². The summed E-state index contributed by atoms with van der Waals surface area (Å²) in [5.74, 6) is 1.18. The number of aromatic hydroxyl groups is 1. The van der Waals surface area contributed by atoms with Gasteiger partial charge in [-0.2, -0.15) is 0 Å². The SMILES string of the molecule is COc1ccc(C(=O)N2CC3CCC2C3)c(O)c1. The lowest BCUT2D eigenvalue weighted by atomic mass is 10.1. The predicted molar refractivity (Wildman–Crippen MR) is 66.8 cm³/mol. The number of hydrogen-bond acceptors (Lipinski definition) is 3. The lowest BCUT2D eigenvalue weighted by Gasteiger charge is -2.27. The summed E-state index contributed by atoms with van der Waals surface area (Å²) in [7, 11) is 1.54. The molecule has 1 aromatic rings. The third-order valence-corrected chi connectivity index (χ3v) is 4.11. The van der Waals surface area contributed by atoms with Crippen molar-refractivity contribution >= 4 is 5.91 Å². The maximum absolute atomic E-state index is 12.4. The summed E-state index contributed by atoms with van der Waals surface area (Å²) >= 11 is 0. The van der Waals surface area contributed by atoms with Crippen molar-refractivity contribution in [3.05, 3.63) is 23.8 Å². The maximum Gasteiger partial charge on any atom is 0.257 e. The van der Waals surface area contributed by atoms with E-state index in [-0.39, 0.29) is 11.7 Å². The lowest BCUT2D eigenvalue weighted by Crippen LogP contribution is -2.37. The molecule has 1 heterocycles. The second kappa shape index (κ2) is 4.19. The highest BCUT2D eigenvalue weighted by molar-refractivity contribution is 5.97. The molecule has 0 spiro atoms. The fraction of sp³-hybridized carbons (Fsp3) is 0.500. The van der Waals surface area contributed by atoms with Crippen molar-refractivity contribution in [3.8, 4) is 11.5 Å². The quantitative estimate of drug-likeness (QED) is 0.870. The van der Waals surface area contributed by atoms with E-state index in [0.717, 1.165) is 19.4 Å². The Kier molecular flexibility index (Phi) is 2.65. The van der Waals surface area contributed by atoms with Crippen LogP contribution in [0, 0.1) is 5.92 Å². The maximum atomic E-state index is 12.4. The number of ether oxygens (including phenoxy) is 1. The number of phenols is 1. The zero-order valence-electron chi connectivity index (χ0n) is 10.4. The Morgan fingerprint density at radius 2 is 2.28 bits per heavy atom. The first kappa shape index (κ1) is 11.4. The van der Waals surface area contributed by atoms with Gasteiger partial charge in [0.15, 0.2) is 0 Å². The van der Waals surface area contributed by atoms with E-state index in [1.807, 2.05) is 4.90 Å². The predicted octanol–water partition coefficient (Wildman–Crippen LogP) is 2.03. The zero-order valence-corrected chi connectivity index (χ0v) is 10.4. The van der Waals surface area contributed by atoms with Crippen LogP contribution >= 0.6 is 0 Å². The van der Waals surface area contributed by atoms with Crippen molar-refractivity contribution in [2.24, 2.45) is 5.92 Å². The van der Waals surface area contributed by atoms with Crippen LogP contribution in [0.4, 0.5) is 0 Å². The van der Waals surface area contributed by atoms with E-state index in [9.17, 15) is 9.90 Å². The Labute approximate surface area is 106 Å². The third kappa shape index (κ3) is 1.72. The minimum atomic E-state index is -0.0534. The zero-order chi connectivity index (χ0) is 12.7. The van der Waals surface area contributed by atoms with Gasteiger partial charge in [0, 0.05) is 18.7 Å². The second-order valence-electron chi connectivity index (χ2n) is 5.17. The van der Waals surface area contributed by atoms with Gasteiger partial charge in [0.1, 0.15) is 11.5 Å². The number of amides is 1. The van der Waals surface area contributed by atoms with E-state index in [2.05, 4.69) is 0 Å². The largest absolute Gasteiger partial charge is 0.507 e. The van der Waals surface area contributed by atoms with E-state index >= 15 is 0 Å². The average Bonchev–Trinajstić information content (AvgIpc) is 3.00. The number of carbonyl (C=O) groups excluding carboxylic acids is 1. The van der Waals surface area contributed by atoms with Gasteiger partial charge < -0.3 is 14.7 Å². The van der Waals surface area contributed by atoms with Crippen LogP contribution in [0.1, 0.15) is 29.6 Å². The first-order valence-corrected chi connectivity index (χ1v) is 6.37. The fourth-order valence-corrected chi connectivity index (χ4v) is 3.15. The smallest absolute Gasteiger partial charge is 0.257 e. The Morgan fingerprint density at radius 3 is 2.83 bits per heavy atom. The molecule has 1 aliphatic heterocycles. The molecule has 2 aliphatic rings. The molecule has 2 atom stereocenters. The molecule has 18 heavy (non-hydrogen) atoms. The summed E-state index contributed by atoms with van der Waals surface area (Å²) in [6, 6.07) is 5.22. The van der Waals surface area contributed by atoms with Gasteiger partial charge in [-0.15, -0.1) is 0 Å². The summed E-state index contributed by atoms with van der Waals surface area (Å²) in [5.41, 5.74) is 0.378. The summed E-state index contributed by atoms with van der Waals surface area (Å²) < 4.78 is 5.02. The number of likely N-dealkylation sites (tertiary alicyclic amines) is 1. The summed E-state index contributed by atoms with van der Waals surface area (Å²) in [6.07, 6.45) is 3.47. The number of fused-ring (bicyclic) bond motifs is 2. The molecule has 1 amide bonds. The lowest BCUT2D eigenvalue weighted by molar-refractivity contribution is 0.0700. The average molecular weight is 247 g/mol. The molecule has 0 aromatic heterocycles. The molecule has 4 heteroatoms. The fourth-order valence-electron chi connectivity index (χ4n) is 3.15. The number of methoxy groups -OCH3 is 1. The van der Waals surface area contributed by atoms with Crippen LogP contribution in [-0.2, 0) is 0 Å². The van der Waals surface area contributed by atoms with Gasteiger partial charge in [-0.1, -0.05) is 0 Å². The van der Waals surface area contributed by atoms with Crippen molar-refractivity contribution in [2.75, 3.05) is 13.7 Å². The second-order valence-corrected chi connectivity index (χ2v) is 5.17. The minimum absolute atomic E-state index is 0.00197. The standard InChI is InChI=1S/C14H17NO3/c1-18-11-4-5-12(13(16)7-11)14(17)15-8-9-2-3-10(15)6-9/h4-5,7,9-10,16H,2-3,6,8H2,1H3.